The lowest BCUT2D eigenvalue weighted by molar-refractivity contribution is -0.132. The number of amides is 1. The van der Waals surface area contributed by atoms with E-state index < -0.39 is 53.8 Å². The first-order valence-electron chi connectivity index (χ1n) is 10.7. The molecule has 0 radical (unpaired) electrons. The van der Waals surface area contributed by atoms with Crippen molar-refractivity contribution in [1.29, 1.82) is 0 Å². The molecule has 0 aromatic heterocycles. The monoisotopic (exact) mass is 665 g/mol. The molecule has 0 atom stereocenters. The van der Waals surface area contributed by atoms with Crippen LogP contribution >= 0.6 is 0 Å². The third-order valence-electron chi connectivity index (χ3n) is 1.68. The zero-order valence-corrected chi connectivity index (χ0v) is 24.7. The number of carboxylic acid groups (broad SMARTS) is 8. The quantitative estimate of drug-likeness (QED) is 0.159. The van der Waals surface area contributed by atoms with Crippen molar-refractivity contribution in [3.63, 3.8) is 0 Å². The third-order valence-corrected chi connectivity index (χ3v) is 1.68. The Hall–Kier alpha value is -7.05. The zero-order chi connectivity index (χ0) is 39.3. The van der Waals surface area contributed by atoms with Gasteiger partial charge in [0.2, 0.25) is 0 Å². The molecule has 1 amide bonds. The summed E-state index contributed by atoms with van der Waals surface area (Å²) in [5.41, 5.74) is 4.54. The molecule has 0 saturated carbocycles. The number of hydrogen-bond donors (Lipinski definition) is 9. The van der Waals surface area contributed by atoms with Crippen molar-refractivity contribution in [1.82, 2.24) is 0 Å². The molecule has 0 aliphatic heterocycles. The summed E-state index contributed by atoms with van der Waals surface area (Å²) in [6, 6.07) is 0. The third kappa shape index (κ3) is 334. The topological polar surface area (TPSA) is 351 Å². The molecule has 0 bridgehead atoms. The summed E-state index contributed by atoms with van der Waals surface area (Å²) >= 11 is 0. The fraction of sp³-hybridized carbons (Fsp3) is 0.0741. The largest absolute Gasteiger partial charge is 0.478 e. The van der Waals surface area contributed by atoms with Gasteiger partial charge in [-0.15, -0.1) is 0 Å². The fourth-order valence-corrected chi connectivity index (χ4v) is 0.142. The van der Waals surface area contributed by atoms with Gasteiger partial charge in [-0.3, -0.25) is 0 Å². The Bertz CT molecular complexity index is 794. The van der Waals surface area contributed by atoms with Gasteiger partial charge in [-0.25, -0.2) is 43.2 Å². The first kappa shape index (κ1) is 62.5. The second kappa shape index (κ2) is 57.8. The highest BCUT2D eigenvalue weighted by molar-refractivity contribution is 5.80. The van der Waals surface area contributed by atoms with Crippen LogP contribution in [0.5, 0.6) is 0 Å². The summed E-state index contributed by atoms with van der Waals surface area (Å²) in [5, 5.41) is 60.8. The van der Waals surface area contributed by atoms with Crippen LogP contribution in [-0.2, 0) is 43.1 Å². The van der Waals surface area contributed by atoms with Gasteiger partial charge in [0.1, 0.15) is 0 Å². The Morgan fingerprint density at radius 2 is 0.500 bits per heavy atom. The average molecular weight is 666 g/mol. The lowest BCUT2D eigenvalue weighted by Crippen LogP contribution is -2.11. The van der Waals surface area contributed by atoms with Crippen LogP contribution in [0.15, 0.2) is 101 Å². The van der Waals surface area contributed by atoms with Crippen LogP contribution in [0, 0.1) is 0 Å². The molecular formula is C27H39NO18. The molecule has 0 fully saturated rings. The molecule has 0 spiro atoms. The fourth-order valence-electron chi connectivity index (χ4n) is 0.142. The number of aliphatic carboxylic acids is 8. The van der Waals surface area contributed by atoms with Crippen molar-refractivity contribution in [3.05, 3.63) is 101 Å². The Labute approximate surface area is 263 Å². The van der Waals surface area contributed by atoms with E-state index in [1.54, 1.807) is 6.92 Å². The van der Waals surface area contributed by atoms with Crippen LogP contribution < -0.4 is 5.73 Å². The molecule has 0 rings (SSSR count). The minimum Gasteiger partial charge on any atom is -0.478 e. The minimum absolute atomic E-state index is 0.356. The van der Waals surface area contributed by atoms with Crippen molar-refractivity contribution in [2.45, 2.75) is 6.92 Å². The normalized spacial score (nSPS) is 6.54. The lowest BCUT2D eigenvalue weighted by atomic mass is 10.7. The molecule has 19 heteroatoms. The van der Waals surface area contributed by atoms with Crippen LogP contribution in [0.3, 0.4) is 0 Å². The standard InChI is InChI=1S/C3H7NO2.8C3H4O2/c1-2-6-3(4)5;8*1-2-3(4)5/h2H2,1H3,(H2,4,5);8*2H,1H2,(H,4,5). The molecule has 46 heavy (non-hydrogen) atoms. The van der Waals surface area contributed by atoms with Gasteiger partial charge in [-0.2, -0.15) is 0 Å². The van der Waals surface area contributed by atoms with E-state index in [0.29, 0.717) is 6.61 Å². The van der Waals surface area contributed by atoms with E-state index in [4.69, 9.17) is 40.9 Å². The molecule has 0 aliphatic carbocycles. The van der Waals surface area contributed by atoms with E-state index in [1.165, 1.54) is 0 Å². The summed E-state index contributed by atoms with van der Waals surface area (Å²) < 4.78 is 4.18. The first-order valence-corrected chi connectivity index (χ1v) is 10.7. The molecule has 0 heterocycles. The van der Waals surface area contributed by atoms with E-state index in [9.17, 15) is 43.2 Å². The molecule has 0 aromatic rings. The smallest absolute Gasteiger partial charge is 0.404 e. The van der Waals surface area contributed by atoms with Gasteiger partial charge in [0, 0.05) is 48.6 Å². The summed E-state index contributed by atoms with van der Waals surface area (Å²) in [6.07, 6.45) is 5.96. The van der Waals surface area contributed by atoms with Crippen molar-refractivity contribution >= 4 is 53.8 Å². The first-order chi connectivity index (χ1) is 20.9. The minimum atomic E-state index is -0.981. The highest BCUT2D eigenvalue weighted by atomic mass is 16.5. The summed E-state index contributed by atoms with van der Waals surface area (Å²) in [7, 11) is 0. The van der Waals surface area contributed by atoms with E-state index in [-0.39, 0.29) is 0 Å². The van der Waals surface area contributed by atoms with E-state index in [2.05, 4.69) is 63.1 Å². The van der Waals surface area contributed by atoms with Crippen LogP contribution in [-0.4, -0.2) is 101 Å². The van der Waals surface area contributed by atoms with Crippen LogP contribution in [0.4, 0.5) is 4.79 Å². The summed E-state index contributed by atoms with van der Waals surface area (Å²) in [5.74, 6) is -7.85. The highest BCUT2D eigenvalue weighted by Gasteiger charge is 1.82. The number of nitrogens with two attached hydrogens (primary N) is 1. The van der Waals surface area contributed by atoms with Gasteiger partial charge in [0.25, 0.3) is 0 Å². The van der Waals surface area contributed by atoms with Gasteiger partial charge in [0.05, 0.1) is 6.61 Å². The average Bonchev–Trinajstić information content (AvgIpc) is 2.99. The number of carbonyl (C=O) groups excluding carboxylic acids is 1. The number of carbonyl (C=O) groups is 9. The Morgan fingerprint density at radius 3 is 0.500 bits per heavy atom. The molecular weight excluding hydrogens is 626 g/mol. The van der Waals surface area contributed by atoms with Gasteiger partial charge in [-0.05, 0) is 6.92 Å². The van der Waals surface area contributed by atoms with E-state index >= 15 is 0 Å². The maximum absolute atomic E-state index is 9.60. The van der Waals surface area contributed by atoms with E-state index in [0.717, 1.165) is 48.6 Å². The van der Waals surface area contributed by atoms with Gasteiger partial charge in [0.15, 0.2) is 0 Å². The number of primary amides is 1. The van der Waals surface area contributed by atoms with Gasteiger partial charge >= 0.3 is 53.8 Å². The summed E-state index contributed by atoms with van der Waals surface area (Å²) in [4.78, 5) is 83.6. The summed E-state index contributed by atoms with van der Waals surface area (Å²) in [6.45, 7) is 25.7. The zero-order valence-electron chi connectivity index (χ0n) is 24.7. The maximum atomic E-state index is 9.60. The molecule has 0 saturated heterocycles. The van der Waals surface area contributed by atoms with Gasteiger partial charge in [-0.1, -0.05) is 52.6 Å². The van der Waals surface area contributed by atoms with E-state index in [1.807, 2.05) is 0 Å². The van der Waals surface area contributed by atoms with Crippen molar-refractivity contribution in [3.8, 4) is 0 Å². The second-order valence-corrected chi connectivity index (χ2v) is 5.09. The van der Waals surface area contributed by atoms with Crippen molar-refractivity contribution in [2.24, 2.45) is 5.73 Å². The lowest BCUT2D eigenvalue weighted by Gasteiger charge is -1.89. The molecule has 10 N–H and O–H groups in total. The Morgan fingerprint density at radius 1 is 0.413 bits per heavy atom. The molecule has 0 unspecified atom stereocenters. The van der Waals surface area contributed by atoms with Crippen molar-refractivity contribution < 1.29 is 88.7 Å². The SMILES string of the molecule is C=CC(=O)O.C=CC(=O)O.C=CC(=O)O.C=CC(=O)O.C=CC(=O)O.C=CC(=O)O.C=CC(=O)O.C=CC(=O)O.CCOC(N)=O. The number of carboxylic acids is 8. The van der Waals surface area contributed by atoms with Crippen LogP contribution in [0.1, 0.15) is 6.92 Å². The molecule has 0 aliphatic rings. The number of hydrogen-bond acceptors (Lipinski definition) is 10. The number of rotatable bonds is 9. The van der Waals surface area contributed by atoms with Crippen LogP contribution in [0.25, 0.3) is 0 Å². The number of ether oxygens (including phenoxy) is 1. The molecule has 0 aromatic carbocycles. The highest BCUT2D eigenvalue weighted by Crippen LogP contribution is 1.66. The molecule has 260 valence electrons. The Balaban J connectivity index is -0.0000000479. The Kier molecular flexibility index (Phi) is 78.5. The molecule has 19 nitrogen and oxygen atoms in total. The van der Waals surface area contributed by atoms with Gasteiger partial charge < -0.3 is 51.3 Å². The predicted octanol–water partition coefficient (Wildman–Crippen LogP) is 2.16. The van der Waals surface area contributed by atoms with Crippen LogP contribution in [0.2, 0.25) is 0 Å². The van der Waals surface area contributed by atoms with Crippen molar-refractivity contribution in [2.75, 3.05) is 6.61 Å². The second-order valence-electron chi connectivity index (χ2n) is 5.09. The predicted molar refractivity (Wildman–Crippen MR) is 164 cm³/mol. The maximum Gasteiger partial charge on any atom is 0.404 e.